The standard InChI is InChI=1S/3C11H19O2.V/c3*1-10(2,3)8(12)7-9(13)11(4,5)6;/h3*1,7H2,2-6H3;/q3*-1;+4. The van der Waals surface area contributed by atoms with Gasteiger partial charge in [0.15, 0.2) is 0 Å². The van der Waals surface area contributed by atoms with Crippen LogP contribution in [0.4, 0.5) is 0 Å². The average Bonchev–Trinajstić information content (AvgIpc) is 2.64. The quantitative estimate of drug-likeness (QED) is 0.204. The van der Waals surface area contributed by atoms with Crippen molar-refractivity contribution in [2.24, 2.45) is 32.5 Å². The van der Waals surface area contributed by atoms with Crippen LogP contribution >= 0.6 is 0 Å². The number of rotatable bonds is 9. The van der Waals surface area contributed by atoms with E-state index in [2.05, 4.69) is 20.8 Å². The summed E-state index contributed by atoms with van der Waals surface area (Å²) in [5.41, 5.74) is -3.24. The van der Waals surface area contributed by atoms with E-state index in [0.717, 1.165) is 0 Å². The molecule has 1 radical (unpaired) electrons. The molecule has 0 unspecified atom stereocenters. The van der Waals surface area contributed by atoms with E-state index in [1.165, 1.54) is 0 Å². The van der Waals surface area contributed by atoms with Gasteiger partial charge in [-0.15, -0.1) is 16.2 Å². The van der Waals surface area contributed by atoms with Gasteiger partial charge in [-0.25, -0.2) is 0 Å². The predicted molar refractivity (Wildman–Crippen MR) is 160 cm³/mol. The molecular formula is C33H57O6V+. The van der Waals surface area contributed by atoms with Gasteiger partial charge in [-0.3, -0.25) is 14.4 Å². The van der Waals surface area contributed by atoms with Crippen molar-refractivity contribution in [1.82, 2.24) is 0 Å². The van der Waals surface area contributed by atoms with E-state index >= 15 is 0 Å². The van der Waals surface area contributed by atoms with E-state index in [9.17, 15) is 28.8 Å². The molecule has 0 heterocycles. The van der Waals surface area contributed by atoms with Gasteiger partial charge >= 0.3 is 18.6 Å². The molecule has 0 aliphatic carbocycles. The van der Waals surface area contributed by atoms with Crippen molar-refractivity contribution in [2.45, 2.75) is 123 Å². The molecular weight excluding hydrogens is 543 g/mol. The van der Waals surface area contributed by atoms with Crippen molar-refractivity contribution < 1.29 is 47.3 Å². The molecule has 0 amide bonds. The zero-order chi connectivity index (χ0) is 32.6. The molecule has 7 heteroatoms. The van der Waals surface area contributed by atoms with Crippen molar-refractivity contribution >= 4 is 34.7 Å². The SMILES string of the molecule is [CH2-]C(C)(C)C(=O)CC(=O)C(C)(C)C.[CH2-]C(C)(C)C(=O)CC(=O)C(C)(C)C.[CH2-]C(C)(C)C(=O)CC(=O)C(C)(C)C.[V+4]. The molecule has 229 valence electrons. The fourth-order valence-electron chi connectivity index (χ4n) is 1.95. The van der Waals surface area contributed by atoms with Gasteiger partial charge in [0.25, 0.3) is 0 Å². The smallest absolute Gasteiger partial charge is 0.331 e. The molecule has 0 atom stereocenters. The summed E-state index contributed by atoms with van der Waals surface area (Å²) in [6.07, 6.45) is -0.000000000000000666. The zero-order valence-corrected chi connectivity index (χ0v) is 29.5. The van der Waals surface area contributed by atoms with Crippen molar-refractivity contribution in [3.8, 4) is 0 Å². The van der Waals surface area contributed by atoms with Gasteiger partial charge in [-0.05, 0) is 0 Å². The molecule has 0 aromatic heterocycles. The van der Waals surface area contributed by atoms with Gasteiger partial charge in [-0.1, -0.05) is 104 Å². The van der Waals surface area contributed by atoms with Crippen molar-refractivity contribution in [2.75, 3.05) is 0 Å². The first-order chi connectivity index (χ1) is 16.6. The Labute approximate surface area is 257 Å². The number of hydrogen-bond acceptors (Lipinski definition) is 6. The van der Waals surface area contributed by atoms with E-state index in [0.29, 0.717) is 0 Å². The van der Waals surface area contributed by atoms with Gasteiger partial charge in [0.2, 0.25) is 0 Å². The second-order valence-corrected chi connectivity index (χ2v) is 15.5. The third-order valence-electron chi connectivity index (χ3n) is 5.74. The first-order valence-corrected chi connectivity index (χ1v) is 13.4. The molecule has 0 rings (SSSR count). The molecule has 0 aliphatic heterocycles. The van der Waals surface area contributed by atoms with E-state index in [4.69, 9.17) is 0 Å². The van der Waals surface area contributed by atoms with Crippen LogP contribution in [0.5, 0.6) is 0 Å². The molecule has 0 fully saturated rings. The van der Waals surface area contributed by atoms with Crippen LogP contribution in [0, 0.1) is 53.3 Å². The maximum absolute atomic E-state index is 11.5. The Bertz CT molecular complexity index is 693. The molecule has 0 bridgehead atoms. The van der Waals surface area contributed by atoms with E-state index in [1.807, 2.05) is 62.3 Å². The zero-order valence-electron chi connectivity index (χ0n) is 28.1. The first kappa shape index (κ1) is 45.6. The molecule has 0 saturated carbocycles. The van der Waals surface area contributed by atoms with Gasteiger partial charge in [0, 0.05) is 16.2 Å². The van der Waals surface area contributed by atoms with E-state index in [-0.39, 0.29) is 72.5 Å². The maximum atomic E-state index is 11.5. The van der Waals surface area contributed by atoms with Crippen LogP contribution < -0.4 is 0 Å². The maximum Gasteiger partial charge on any atom is 4.00 e. The van der Waals surface area contributed by atoms with Crippen molar-refractivity contribution in [3.05, 3.63) is 20.8 Å². The molecule has 0 aromatic rings. The Morgan fingerprint density at radius 3 is 0.550 bits per heavy atom. The van der Waals surface area contributed by atoms with Crippen LogP contribution in [0.1, 0.15) is 123 Å². The van der Waals surface area contributed by atoms with Crippen LogP contribution in [0.25, 0.3) is 0 Å². The third-order valence-corrected chi connectivity index (χ3v) is 5.74. The third kappa shape index (κ3) is 21.4. The summed E-state index contributed by atoms with van der Waals surface area (Å²) in [5, 5.41) is 0. The van der Waals surface area contributed by atoms with Crippen LogP contribution in [0.2, 0.25) is 0 Å². The predicted octanol–water partition coefficient (Wildman–Crippen LogP) is 7.26. The average molecular weight is 601 g/mol. The molecule has 0 spiro atoms. The fraction of sp³-hybridized carbons (Fsp3) is 0.727. The van der Waals surface area contributed by atoms with Crippen LogP contribution in [-0.2, 0) is 47.3 Å². The van der Waals surface area contributed by atoms with Gasteiger partial charge in [-0.2, -0.15) is 0 Å². The van der Waals surface area contributed by atoms with E-state index in [1.54, 1.807) is 41.5 Å². The van der Waals surface area contributed by atoms with Gasteiger partial charge in [0.05, 0.1) is 19.3 Å². The molecule has 0 aromatic carbocycles. The second-order valence-electron chi connectivity index (χ2n) is 15.5. The van der Waals surface area contributed by atoms with Gasteiger partial charge < -0.3 is 35.2 Å². The van der Waals surface area contributed by atoms with E-state index < -0.39 is 32.5 Å². The molecule has 0 aliphatic rings. The number of carbonyl (C=O) groups is 6. The number of ketones is 6. The summed E-state index contributed by atoms with van der Waals surface area (Å²) >= 11 is 0. The Balaban J connectivity index is -0.000000240. The summed E-state index contributed by atoms with van der Waals surface area (Å²) in [4.78, 5) is 68.7. The largest absolute Gasteiger partial charge is 4.00 e. The minimum Gasteiger partial charge on any atom is -0.331 e. The van der Waals surface area contributed by atoms with Crippen LogP contribution in [0.15, 0.2) is 0 Å². The Morgan fingerprint density at radius 1 is 0.350 bits per heavy atom. The number of carbonyl (C=O) groups excluding carboxylic acids is 6. The molecule has 6 nitrogen and oxygen atoms in total. The molecule has 40 heavy (non-hydrogen) atoms. The summed E-state index contributed by atoms with van der Waals surface area (Å²) in [5.74, 6) is -0.329. The van der Waals surface area contributed by atoms with Crippen LogP contribution in [-0.4, -0.2) is 34.7 Å². The van der Waals surface area contributed by atoms with Crippen LogP contribution in [0.3, 0.4) is 0 Å². The summed E-state index contributed by atoms with van der Waals surface area (Å²) < 4.78 is 0. The van der Waals surface area contributed by atoms with Gasteiger partial charge in [0.1, 0.15) is 34.7 Å². The monoisotopic (exact) mass is 600 g/mol. The minimum atomic E-state index is -0.652. The number of Topliss-reactive ketones (excluding diaryl/α,β-unsaturated/α-hetero) is 6. The van der Waals surface area contributed by atoms with Crippen molar-refractivity contribution in [3.63, 3.8) is 0 Å². The second kappa shape index (κ2) is 16.3. The summed E-state index contributed by atoms with van der Waals surface area (Å²) in [7, 11) is 0. The fourth-order valence-corrected chi connectivity index (χ4v) is 1.95. The normalized spacial score (nSPS) is 12.4. The Morgan fingerprint density at radius 2 is 0.475 bits per heavy atom. The molecule has 0 saturated heterocycles. The van der Waals surface area contributed by atoms with Crippen molar-refractivity contribution in [1.29, 1.82) is 0 Å². The topological polar surface area (TPSA) is 102 Å². The Kier molecular flexibility index (Phi) is 18.6. The first-order valence-electron chi connectivity index (χ1n) is 13.4. The summed E-state index contributed by atoms with van der Waals surface area (Å²) in [6.45, 7) is 37.8. The summed E-state index contributed by atoms with van der Waals surface area (Å²) in [6, 6.07) is 0. The number of hydrogen-bond donors (Lipinski definition) is 0. The Hall–Kier alpha value is -1.40. The molecule has 0 N–H and O–H groups in total. The minimum absolute atomic E-state index is 0.